The van der Waals surface area contributed by atoms with E-state index in [0.717, 1.165) is 84.4 Å². The highest BCUT2D eigenvalue weighted by Crippen LogP contribution is 2.36. The van der Waals surface area contributed by atoms with E-state index in [2.05, 4.69) is 35.0 Å². The molecule has 2 aliphatic rings. The third-order valence-electron chi connectivity index (χ3n) is 8.50. The fraction of sp³-hybridized carbons (Fsp3) is 0.355. The Kier molecular flexibility index (Phi) is 6.09. The van der Waals surface area contributed by atoms with Crippen molar-refractivity contribution < 1.29 is 9.53 Å². The van der Waals surface area contributed by atoms with E-state index < -0.39 is 5.91 Å². The average molecular weight is 495 g/mol. The molecule has 6 heteroatoms. The molecule has 0 spiro atoms. The number of fused-ring (bicyclic) bond motifs is 2. The molecule has 1 saturated heterocycles. The summed E-state index contributed by atoms with van der Waals surface area (Å²) < 4.78 is 5.60. The fourth-order valence-corrected chi connectivity index (χ4v) is 6.23. The van der Waals surface area contributed by atoms with Crippen molar-refractivity contribution in [3.8, 4) is 22.3 Å². The number of nitrogens with one attached hydrogen (secondary N) is 1. The van der Waals surface area contributed by atoms with E-state index in [9.17, 15) is 4.79 Å². The molecule has 37 heavy (non-hydrogen) atoms. The van der Waals surface area contributed by atoms with Gasteiger partial charge in [-0.05, 0) is 97.2 Å². The molecule has 0 bridgehead atoms. The molecule has 1 amide bonds. The first kappa shape index (κ1) is 23.9. The molecule has 6 nitrogen and oxygen atoms in total. The molecule has 4 aromatic rings. The van der Waals surface area contributed by atoms with Crippen molar-refractivity contribution >= 4 is 16.9 Å². The van der Waals surface area contributed by atoms with E-state index in [-0.39, 0.29) is 0 Å². The molecule has 0 unspecified atom stereocenters. The summed E-state index contributed by atoms with van der Waals surface area (Å²) >= 11 is 0. The number of nitrogens with zero attached hydrogens (tertiary/aromatic N) is 2. The zero-order chi connectivity index (χ0) is 25.7. The summed E-state index contributed by atoms with van der Waals surface area (Å²) in [6.07, 6.45) is 7.35. The Morgan fingerprint density at radius 2 is 1.86 bits per heavy atom. The van der Waals surface area contributed by atoms with Crippen LogP contribution in [0.1, 0.15) is 51.0 Å². The summed E-state index contributed by atoms with van der Waals surface area (Å²) in [4.78, 5) is 22.6. The highest BCUT2D eigenvalue weighted by atomic mass is 16.5. The predicted octanol–water partition coefficient (Wildman–Crippen LogP) is 5.46. The second kappa shape index (κ2) is 9.43. The third-order valence-corrected chi connectivity index (χ3v) is 8.50. The number of rotatable bonds is 4. The number of aromatic amines is 1. The Hall–Kier alpha value is -3.48. The van der Waals surface area contributed by atoms with E-state index in [1.54, 1.807) is 0 Å². The smallest absolute Gasteiger partial charge is 0.248 e. The van der Waals surface area contributed by atoms with Gasteiger partial charge in [0.25, 0.3) is 0 Å². The maximum atomic E-state index is 11.8. The lowest BCUT2D eigenvalue weighted by Gasteiger charge is -2.38. The number of aromatic nitrogens is 2. The molecule has 0 atom stereocenters. The number of carbonyl (C=O) groups excluding carboxylic acids is 1. The first-order chi connectivity index (χ1) is 17.9. The van der Waals surface area contributed by atoms with Crippen molar-refractivity contribution in [2.75, 3.05) is 19.8 Å². The molecule has 4 heterocycles. The molecule has 1 fully saturated rings. The van der Waals surface area contributed by atoms with Crippen molar-refractivity contribution in [1.82, 2.24) is 14.9 Å². The van der Waals surface area contributed by atoms with Crippen LogP contribution in [0.3, 0.4) is 0 Å². The molecule has 3 N–H and O–H groups in total. The van der Waals surface area contributed by atoms with Crippen molar-refractivity contribution in [3.63, 3.8) is 0 Å². The van der Waals surface area contributed by atoms with Gasteiger partial charge in [-0.2, -0.15) is 0 Å². The van der Waals surface area contributed by atoms with Crippen LogP contribution in [0, 0.1) is 20.8 Å². The van der Waals surface area contributed by atoms with Crippen molar-refractivity contribution in [1.29, 1.82) is 0 Å². The molecule has 2 aliphatic heterocycles. The molecule has 6 rings (SSSR count). The first-order valence-corrected chi connectivity index (χ1v) is 13.2. The summed E-state index contributed by atoms with van der Waals surface area (Å²) in [7, 11) is 0. The predicted molar refractivity (Wildman–Crippen MR) is 148 cm³/mol. The van der Waals surface area contributed by atoms with Crippen LogP contribution in [0.15, 0.2) is 42.7 Å². The standard InChI is InChI=1S/C31H34N4O2/c1-18-12-21(13-23-17-35(9-6-25(18)23)24-7-10-37-11-8-24)22-14-28-29(16-34-31(28)33-15-22)26-4-5-27(30(32)36)20(3)19(26)2/h4-5,12-16,24H,6-11,17H2,1-3H3,(H2,32,36)(H,33,34). The number of pyridine rings is 1. The van der Waals surface area contributed by atoms with Gasteiger partial charge in [0.15, 0.2) is 0 Å². The van der Waals surface area contributed by atoms with E-state index >= 15 is 0 Å². The number of primary amides is 1. The number of ether oxygens (including phenoxy) is 1. The zero-order valence-electron chi connectivity index (χ0n) is 21.9. The molecule has 2 aromatic carbocycles. The van der Waals surface area contributed by atoms with Gasteiger partial charge in [-0.1, -0.05) is 12.1 Å². The van der Waals surface area contributed by atoms with Crippen LogP contribution < -0.4 is 5.73 Å². The second-order valence-electron chi connectivity index (χ2n) is 10.6. The number of hydrogen-bond acceptors (Lipinski definition) is 4. The van der Waals surface area contributed by atoms with Crippen LogP contribution in [0.5, 0.6) is 0 Å². The van der Waals surface area contributed by atoms with Gasteiger partial charge < -0.3 is 15.5 Å². The molecular formula is C31H34N4O2. The Morgan fingerprint density at radius 3 is 2.65 bits per heavy atom. The van der Waals surface area contributed by atoms with Crippen LogP contribution in [0.25, 0.3) is 33.3 Å². The summed E-state index contributed by atoms with van der Waals surface area (Å²) in [6, 6.07) is 11.4. The number of H-pyrrole nitrogens is 1. The summed E-state index contributed by atoms with van der Waals surface area (Å²) in [5.74, 6) is -0.395. The Labute approximate surface area is 217 Å². The average Bonchev–Trinajstić information content (AvgIpc) is 3.33. The van der Waals surface area contributed by atoms with Gasteiger partial charge in [-0.15, -0.1) is 0 Å². The minimum absolute atomic E-state index is 0.395. The van der Waals surface area contributed by atoms with Gasteiger partial charge >= 0.3 is 0 Å². The normalized spacial score (nSPS) is 16.7. The van der Waals surface area contributed by atoms with Crippen LogP contribution in [-0.4, -0.2) is 46.6 Å². The van der Waals surface area contributed by atoms with E-state index in [4.69, 9.17) is 15.5 Å². The lowest BCUT2D eigenvalue weighted by molar-refractivity contribution is 0.0290. The largest absolute Gasteiger partial charge is 0.381 e. The monoisotopic (exact) mass is 494 g/mol. The Bertz CT molecular complexity index is 1510. The van der Waals surface area contributed by atoms with Crippen LogP contribution in [0.2, 0.25) is 0 Å². The fourth-order valence-electron chi connectivity index (χ4n) is 6.23. The molecule has 2 aromatic heterocycles. The van der Waals surface area contributed by atoms with Crippen LogP contribution >= 0.6 is 0 Å². The minimum atomic E-state index is -0.395. The number of hydrogen-bond donors (Lipinski definition) is 2. The van der Waals surface area contributed by atoms with Gasteiger partial charge in [0.1, 0.15) is 5.65 Å². The summed E-state index contributed by atoms with van der Waals surface area (Å²) in [5.41, 5.74) is 17.8. The zero-order valence-corrected chi connectivity index (χ0v) is 21.9. The van der Waals surface area contributed by atoms with Gasteiger partial charge in [-0.25, -0.2) is 4.98 Å². The number of benzene rings is 2. The van der Waals surface area contributed by atoms with Crippen LogP contribution in [-0.2, 0) is 17.7 Å². The number of amides is 1. The van der Waals surface area contributed by atoms with E-state index in [1.807, 2.05) is 38.4 Å². The maximum Gasteiger partial charge on any atom is 0.248 e. The van der Waals surface area contributed by atoms with Crippen LogP contribution in [0.4, 0.5) is 0 Å². The highest BCUT2D eigenvalue weighted by Gasteiger charge is 2.26. The van der Waals surface area contributed by atoms with Crippen molar-refractivity contribution in [3.05, 3.63) is 76.1 Å². The number of carbonyl (C=O) groups is 1. The summed E-state index contributed by atoms with van der Waals surface area (Å²) in [6.45, 7) is 10.1. The second-order valence-corrected chi connectivity index (χ2v) is 10.6. The highest BCUT2D eigenvalue weighted by molar-refractivity contribution is 5.99. The van der Waals surface area contributed by atoms with Gasteiger partial charge in [-0.3, -0.25) is 9.69 Å². The van der Waals surface area contributed by atoms with Gasteiger partial charge in [0.2, 0.25) is 5.91 Å². The molecule has 0 saturated carbocycles. The topological polar surface area (TPSA) is 84.2 Å². The van der Waals surface area contributed by atoms with E-state index in [0.29, 0.717) is 11.6 Å². The molecule has 0 aliphatic carbocycles. The lowest BCUT2D eigenvalue weighted by Crippen LogP contribution is -2.42. The molecular weight excluding hydrogens is 460 g/mol. The summed E-state index contributed by atoms with van der Waals surface area (Å²) in [5, 5.41) is 1.08. The molecule has 0 radical (unpaired) electrons. The quantitative estimate of drug-likeness (QED) is 0.395. The van der Waals surface area contributed by atoms with Crippen molar-refractivity contribution in [2.45, 2.75) is 52.6 Å². The lowest BCUT2D eigenvalue weighted by atomic mass is 9.89. The van der Waals surface area contributed by atoms with Crippen molar-refractivity contribution in [2.24, 2.45) is 5.73 Å². The number of nitrogens with two attached hydrogens (primary N) is 1. The third kappa shape index (κ3) is 4.24. The Balaban J connectivity index is 1.38. The number of aryl methyl sites for hydroxylation is 1. The van der Waals surface area contributed by atoms with Gasteiger partial charge in [0, 0.05) is 66.8 Å². The SMILES string of the molecule is Cc1cc(-c2cnc3[nH]cc(-c4ccc(C(N)=O)c(C)c4C)c3c2)cc2c1CCN(C1CCOCC1)C2. The molecule has 190 valence electrons. The maximum absolute atomic E-state index is 11.8. The first-order valence-electron chi connectivity index (χ1n) is 13.2. The van der Waals surface area contributed by atoms with E-state index in [1.165, 1.54) is 22.3 Å². The minimum Gasteiger partial charge on any atom is -0.381 e. The van der Waals surface area contributed by atoms with Gasteiger partial charge in [0.05, 0.1) is 0 Å². The Morgan fingerprint density at radius 1 is 1.05 bits per heavy atom.